The summed E-state index contributed by atoms with van der Waals surface area (Å²) in [5.74, 6) is 0. The Balaban J connectivity index is 1.93. The maximum atomic E-state index is 10.7. The third-order valence-corrected chi connectivity index (χ3v) is 4.10. The van der Waals surface area contributed by atoms with Crippen molar-refractivity contribution in [2.24, 2.45) is 10.6 Å². The number of benzene rings is 1. The minimum atomic E-state index is 0.0939. The van der Waals surface area contributed by atoms with Crippen molar-refractivity contribution in [3.63, 3.8) is 0 Å². The number of carbonyl (C=O) groups excluding carboxylic acids is 1. The molecule has 1 atom stereocenters. The van der Waals surface area contributed by atoms with Crippen LogP contribution in [-0.4, -0.2) is 18.2 Å². The fourth-order valence-electron chi connectivity index (χ4n) is 2.94. The van der Waals surface area contributed by atoms with E-state index in [-0.39, 0.29) is 11.5 Å². The lowest BCUT2D eigenvalue weighted by molar-refractivity contribution is -0.105. The highest BCUT2D eigenvalue weighted by atomic mass is 16.6. The molecule has 4 nitrogen and oxygen atoms in total. The van der Waals surface area contributed by atoms with Gasteiger partial charge in [-0.05, 0) is 25.3 Å². The molecule has 1 saturated carbocycles. The number of hydrogen-bond donors (Lipinski definition) is 1. The average Bonchev–Trinajstić information content (AvgIpc) is 3.13. The lowest BCUT2D eigenvalue weighted by Gasteiger charge is -2.18. The van der Waals surface area contributed by atoms with Crippen molar-refractivity contribution in [2.75, 3.05) is 5.32 Å². The summed E-state index contributed by atoms with van der Waals surface area (Å²) in [5, 5.41) is 7.07. The maximum absolute atomic E-state index is 10.7. The Kier molecular flexibility index (Phi) is 3.01. The van der Waals surface area contributed by atoms with Gasteiger partial charge in [0.1, 0.15) is 6.10 Å². The first-order valence-corrected chi connectivity index (χ1v) is 6.85. The molecule has 1 fully saturated rings. The number of para-hydroxylation sites is 1. The van der Waals surface area contributed by atoms with Crippen LogP contribution in [-0.2, 0) is 9.63 Å². The Bertz CT molecular complexity index is 521. The lowest BCUT2D eigenvalue weighted by Crippen LogP contribution is -2.26. The van der Waals surface area contributed by atoms with Crippen molar-refractivity contribution in [3.05, 3.63) is 29.8 Å². The van der Waals surface area contributed by atoms with Gasteiger partial charge in [0, 0.05) is 11.3 Å². The van der Waals surface area contributed by atoms with Gasteiger partial charge >= 0.3 is 0 Å². The van der Waals surface area contributed by atoms with Crippen molar-refractivity contribution in [2.45, 2.75) is 38.7 Å². The van der Waals surface area contributed by atoms with E-state index < -0.39 is 0 Å². The second kappa shape index (κ2) is 4.68. The van der Waals surface area contributed by atoms with Gasteiger partial charge in [0.2, 0.25) is 6.41 Å². The van der Waals surface area contributed by atoms with E-state index in [4.69, 9.17) is 4.84 Å². The Morgan fingerprint density at radius 2 is 2.26 bits per heavy atom. The van der Waals surface area contributed by atoms with E-state index in [9.17, 15) is 4.79 Å². The van der Waals surface area contributed by atoms with Gasteiger partial charge in [-0.1, -0.05) is 36.7 Å². The first-order valence-electron chi connectivity index (χ1n) is 6.85. The monoisotopic (exact) mass is 258 g/mol. The molecule has 1 aliphatic heterocycles. The molecule has 19 heavy (non-hydrogen) atoms. The Labute approximate surface area is 112 Å². The second-order valence-electron chi connectivity index (χ2n) is 5.29. The lowest BCUT2D eigenvalue weighted by atomic mass is 9.86. The van der Waals surface area contributed by atoms with Gasteiger partial charge in [-0.2, -0.15) is 0 Å². The van der Waals surface area contributed by atoms with Crippen molar-refractivity contribution < 1.29 is 9.63 Å². The molecule has 1 N–H and O–H groups in total. The third kappa shape index (κ3) is 1.91. The van der Waals surface area contributed by atoms with Crippen molar-refractivity contribution in [1.29, 1.82) is 0 Å². The molecule has 3 rings (SSSR count). The van der Waals surface area contributed by atoms with Gasteiger partial charge in [0.25, 0.3) is 0 Å². The highest BCUT2D eigenvalue weighted by Gasteiger charge is 2.58. The summed E-state index contributed by atoms with van der Waals surface area (Å²) in [6.07, 6.45) is 5.31. The smallest absolute Gasteiger partial charge is 0.211 e. The predicted molar refractivity (Wildman–Crippen MR) is 74.1 cm³/mol. The number of hydrogen-bond acceptors (Lipinski definition) is 3. The summed E-state index contributed by atoms with van der Waals surface area (Å²) in [5.41, 5.74) is 2.90. The zero-order valence-electron chi connectivity index (χ0n) is 11.1. The van der Waals surface area contributed by atoms with Crippen LogP contribution in [0.4, 0.5) is 5.69 Å². The number of nitrogens with zero attached hydrogens (tertiary/aromatic N) is 1. The molecule has 1 unspecified atom stereocenters. The van der Waals surface area contributed by atoms with E-state index in [0.717, 1.165) is 42.6 Å². The van der Waals surface area contributed by atoms with Crippen LogP contribution >= 0.6 is 0 Å². The van der Waals surface area contributed by atoms with Crippen LogP contribution in [0.5, 0.6) is 0 Å². The number of oxime groups is 1. The van der Waals surface area contributed by atoms with Crippen LogP contribution in [0, 0.1) is 5.41 Å². The first-order chi connectivity index (χ1) is 9.31. The van der Waals surface area contributed by atoms with Gasteiger partial charge in [-0.15, -0.1) is 0 Å². The molecular weight excluding hydrogens is 240 g/mol. The number of amides is 1. The van der Waals surface area contributed by atoms with E-state index in [1.54, 1.807) is 0 Å². The summed E-state index contributed by atoms with van der Waals surface area (Å²) < 4.78 is 0. The first kappa shape index (κ1) is 12.2. The zero-order valence-corrected chi connectivity index (χ0v) is 11.1. The molecule has 0 aromatic heterocycles. The summed E-state index contributed by atoms with van der Waals surface area (Å²) in [6, 6.07) is 7.78. The van der Waals surface area contributed by atoms with Crippen LogP contribution in [0.25, 0.3) is 0 Å². The van der Waals surface area contributed by atoms with Crippen LogP contribution in [0.3, 0.4) is 0 Å². The Hall–Kier alpha value is -1.84. The van der Waals surface area contributed by atoms with E-state index in [1.807, 2.05) is 24.3 Å². The SMILES string of the molecule is CCCC1ON=C(c2ccccc2NC=O)C12CC2. The van der Waals surface area contributed by atoms with Crippen molar-refractivity contribution >= 4 is 17.8 Å². The van der Waals surface area contributed by atoms with Crippen LogP contribution in [0.15, 0.2) is 29.4 Å². The highest BCUT2D eigenvalue weighted by Crippen LogP contribution is 2.57. The molecule has 1 aromatic carbocycles. The largest absolute Gasteiger partial charge is 0.391 e. The second-order valence-corrected chi connectivity index (χ2v) is 5.29. The standard InChI is InChI=1S/C15H18N2O2/c1-2-5-13-15(8-9-15)14(17-19-13)11-6-3-4-7-12(11)16-10-18/h3-4,6-7,10,13H,2,5,8-9H2,1H3,(H,16,18). The highest BCUT2D eigenvalue weighted by molar-refractivity contribution is 6.11. The Morgan fingerprint density at radius 3 is 2.95 bits per heavy atom. The molecular formula is C15H18N2O2. The van der Waals surface area contributed by atoms with Gasteiger partial charge in [-0.25, -0.2) is 0 Å². The number of nitrogens with one attached hydrogen (secondary N) is 1. The van der Waals surface area contributed by atoms with E-state index >= 15 is 0 Å². The Morgan fingerprint density at radius 1 is 1.47 bits per heavy atom. The van der Waals surface area contributed by atoms with Crippen LogP contribution in [0.1, 0.15) is 38.2 Å². The van der Waals surface area contributed by atoms with Crippen LogP contribution in [0.2, 0.25) is 0 Å². The molecule has 0 saturated heterocycles. The molecule has 1 aliphatic carbocycles. The van der Waals surface area contributed by atoms with E-state index in [0.29, 0.717) is 6.41 Å². The molecule has 2 aliphatic rings. The summed E-state index contributed by atoms with van der Waals surface area (Å²) in [6.45, 7) is 2.17. The number of rotatable bonds is 5. The number of carbonyl (C=O) groups is 1. The van der Waals surface area contributed by atoms with Gasteiger partial charge in [-0.3, -0.25) is 4.79 Å². The van der Waals surface area contributed by atoms with Crippen molar-refractivity contribution in [1.82, 2.24) is 0 Å². The molecule has 0 radical (unpaired) electrons. The van der Waals surface area contributed by atoms with E-state index in [1.165, 1.54) is 0 Å². The summed E-state index contributed by atoms with van der Waals surface area (Å²) in [7, 11) is 0. The molecule has 1 heterocycles. The molecule has 0 bridgehead atoms. The fourth-order valence-corrected chi connectivity index (χ4v) is 2.94. The van der Waals surface area contributed by atoms with Gasteiger partial charge in [0.15, 0.2) is 0 Å². The molecule has 1 amide bonds. The quantitative estimate of drug-likeness (QED) is 0.825. The predicted octanol–water partition coefficient (Wildman–Crippen LogP) is 2.94. The third-order valence-electron chi connectivity index (χ3n) is 4.10. The summed E-state index contributed by atoms with van der Waals surface area (Å²) >= 11 is 0. The zero-order chi connectivity index (χ0) is 13.3. The fraction of sp³-hybridized carbons (Fsp3) is 0.467. The number of anilines is 1. The maximum Gasteiger partial charge on any atom is 0.211 e. The summed E-state index contributed by atoms with van der Waals surface area (Å²) in [4.78, 5) is 16.3. The van der Waals surface area contributed by atoms with Gasteiger partial charge in [0.05, 0.1) is 11.1 Å². The van der Waals surface area contributed by atoms with Crippen LogP contribution < -0.4 is 5.32 Å². The molecule has 100 valence electrons. The molecule has 4 heteroatoms. The topological polar surface area (TPSA) is 50.7 Å². The normalized spacial score (nSPS) is 22.8. The minimum Gasteiger partial charge on any atom is -0.391 e. The average molecular weight is 258 g/mol. The molecule has 1 aromatic rings. The minimum absolute atomic E-state index is 0.0939. The van der Waals surface area contributed by atoms with Crippen molar-refractivity contribution in [3.8, 4) is 0 Å². The van der Waals surface area contributed by atoms with Gasteiger partial charge < -0.3 is 10.2 Å². The molecule has 1 spiro atoms. The van der Waals surface area contributed by atoms with E-state index in [2.05, 4.69) is 17.4 Å².